The molecule has 86 valence electrons. The summed E-state index contributed by atoms with van der Waals surface area (Å²) in [6.07, 6.45) is 4.67. The predicted octanol–water partition coefficient (Wildman–Crippen LogP) is 1.43. The third kappa shape index (κ3) is 6.71. The Labute approximate surface area is 91.6 Å². The Morgan fingerprint density at radius 3 is 2.60 bits per heavy atom. The van der Waals surface area contributed by atoms with E-state index >= 15 is 0 Å². The third-order valence-electron chi connectivity index (χ3n) is 1.81. The quantitative estimate of drug-likeness (QED) is 0.339. The second kappa shape index (κ2) is 8.03. The molecule has 4 nitrogen and oxygen atoms in total. The summed E-state index contributed by atoms with van der Waals surface area (Å²) in [7, 11) is 0. The number of nitrogens with one attached hydrogen (secondary N) is 3. The van der Waals surface area contributed by atoms with E-state index < -0.39 is 0 Å². The number of rotatable bonds is 7. The predicted molar refractivity (Wildman–Crippen MR) is 63.1 cm³/mol. The van der Waals surface area contributed by atoms with E-state index in [9.17, 15) is 4.79 Å². The molecule has 0 aromatic heterocycles. The number of unbranched alkanes of at least 4 members (excludes halogenated alkanes) is 1. The van der Waals surface area contributed by atoms with Gasteiger partial charge in [-0.25, -0.2) is 0 Å². The van der Waals surface area contributed by atoms with Gasteiger partial charge in [-0.15, -0.1) is 0 Å². The number of hydrogen-bond acceptors (Lipinski definition) is 3. The molecule has 0 rings (SSSR count). The zero-order valence-electron chi connectivity index (χ0n) is 9.76. The summed E-state index contributed by atoms with van der Waals surface area (Å²) in [6.45, 7) is 6.70. The molecular formula is C11H21N3O. The van der Waals surface area contributed by atoms with Crippen molar-refractivity contribution in [3.05, 3.63) is 11.8 Å². The summed E-state index contributed by atoms with van der Waals surface area (Å²) in [5, 5.41) is 12.9. The summed E-state index contributed by atoms with van der Waals surface area (Å²) in [5.41, 5.74) is 0.361. The first-order valence-electron chi connectivity index (χ1n) is 5.36. The Bertz CT molecular complexity index is 234. The van der Waals surface area contributed by atoms with E-state index in [1.54, 1.807) is 6.20 Å². The van der Waals surface area contributed by atoms with Crippen LogP contribution in [0, 0.1) is 5.41 Å². The molecule has 0 saturated heterocycles. The van der Waals surface area contributed by atoms with Crippen molar-refractivity contribution in [2.45, 2.75) is 39.7 Å². The summed E-state index contributed by atoms with van der Waals surface area (Å²) in [5.74, 6) is -0.188. The average molecular weight is 211 g/mol. The normalized spacial score (nSPS) is 11.3. The molecule has 0 aliphatic heterocycles. The van der Waals surface area contributed by atoms with Gasteiger partial charge in [0, 0.05) is 25.0 Å². The van der Waals surface area contributed by atoms with Crippen molar-refractivity contribution >= 4 is 12.1 Å². The van der Waals surface area contributed by atoms with E-state index in [2.05, 4.69) is 17.6 Å². The molecule has 0 aliphatic rings. The third-order valence-corrected chi connectivity index (χ3v) is 1.81. The molecule has 0 aliphatic carbocycles. The Kier molecular flexibility index (Phi) is 7.32. The lowest BCUT2D eigenvalue weighted by Gasteiger charge is -2.07. The molecule has 4 heteroatoms. The molecule has 0 aromatic rings. The van der Waals surface area contributed by atoms with Crippen molar-refractivity contribution < 1.29 is 4.79 Å². The molecule has 0 radical (unpaired) electrons. The highest BCUT2D eigenvalue weighted by molar-refractivity contribution is 6.11. The molecule has 0 unspecified atom stereocenters. The Hall–Kier alpha value is -1.32. The molecule has 3 N–H and O–H groups in total. The molecule has 0 saturated carbocycles. The van der Waals surface area contributed by atoms with E-state index in [0.29, 0.717) is 12.1 Å². The maximum Gasteiger partial charge on any atom is 0.254 e. The first-order valence-corrected chi connectivity index (χ1v) is 5.36. The molecule has 0 atom stereocenters. The summed E-state index contributed by atoms with van der Waals surface area (Å²) in [4.78, 5) is 11.5. The zero-order valence-corrected chi connectivity index (χ0v) is 9.76. The Morgan fingerprint density at radius 1 is 1.47 bits per heavy atom. The summed E-state index contributed by atoms with van der Waals surface area (Å²) < 4.78 is 0. The monoisotopic (exact) mass is 211 g/mol. The van der Waals surface area contributed by atoms with Crippen LogP contribution >= 0.6 is 0 Å². The standard InChI is InChI=1S/C11H21N3O/c1-4-5-6-13-11(15)10(7-12)8-14-9(2)3/h7-9,12,14H,4-6H2,1-3H3,(H,13,15)/b10-8+,12-7?. The largest absolute Gasteiger partial charge is 0.388 e. The van der Waals surface area contributed by atoms with Crippen LogP contribution in [0.1, 0.15) is 33.6 Å². The van der Waals surface area contributed by atoms with E-state index in [1.165, 1.54) is 0 Å². The van der Waals surface area contributed by atoms with Crippen LogP contribution in [0.25, 0.3) is 0 Å². The maximum absolute atomic E-state index is 11.5. The van der Waals surface area contributed by atoms with Gasteiger partial charge in [-0.3, -0.25) is 4.79 Å². The van der Waals surface area contributed by atoms with Crippen LogP contribution in [-0.4, -0.2) is 24.7 Å². The van der Waals surface area contributed by atoms with Gasteiger partial charge in [0.25, 0.3) is 5.91 Å². The first-order chi connectivity index (χ1) is 7.11. The first kappa shape index (κ1) is 13.7. The van der Waals surface area contributed by atoms with Crippen LogP contribution < -0.4 is 10.6 Å². The van der Waals surface area contributed by atoms with Gasteiger partial charge in [0.2, 0.25) is 0 Å². The lowest BCUT2D eigenvalue weighted by Crippen LogP contribution is -2.28. The van der Waals surface area contributed by atoms with Gasteiger partial charge in [-0.2, -0.15) is 0 Å². The minimum absolute atomic E-state index is 0.188. The number of amides is 1. The van der Waals surface area contributed by atoms with Gasteiger partial charge in [0.05, 0.1) is 5.57 Å². The number of carbonyl (C=O) groups excluding carboxylic acids is 1. The highest BCUT2D eigenvalue weighted by Crippen LogP contribution is 1.91. The molecule has 0 bridgehead atoms. The van der Waals surface area contributed by atoms with E-state index in [-0.39, 0.29) is 11.9 Å². The fourth-order valence-corrected chi connectivity index (χ4v) is 0.910. The molecule has 0 spiro atoms. The van der Waals surface area contributed by atoms with Gasteiger partial charge in [0.15, 0.2) is 0 Å². The molecule has 0 heterocycles. The molecule has 1 amide bonds. The summed E-state index contributed by atoms with van der Waals surface area (Å²) >= 11 is 0. The SMILES string of the molecule is CCCCNC(=O)/C(C=N)=C/NC(C)C. The number of carbonyl (C=O) groups is 1. The van der Waals surface area contributed by atoms with Crippen LogP contribution in [0.4, 0.5) is 0 Å². The number of hydrogen-bond donors (Lipinski definition) is 3. The van der Waals surface area contributed by atoms with Crippen molar-refractivity contribution in [2.75, 3.05) is 6.54 Å². The highest BCUT2D eigenvalue weighted by atomic mass is 16.1. The fourth-order valence-electron chi connectivity index (χ4n) is 0.910. The second-order valence-corrected chi connectivity index (χ2v) is 3.67. The van der Waals surface area contributed by atoms with Gasteiger partial charge < -0.3 is 16.0 Å². The van der Waals surface area contributed by atoms with Gasteiger partial charge in [0.1, 0.15) is 0 Å². The van der Waals surface area contributed by atoms with Crippen molar-refractivity contribution in [3.8, 4) is 0 Å². The Balaban J connectivity index is 4.09. The minimum atomic E-state index is -0.188. The van der Waals surface area contributed by atoms with Gasteiger partial charge in [-0.1, -0.05) is 13.3 Å². The molecule has 0 aromatic carbocycles. The lowest BCUT2D eigenvalue weighted by molar-refractivity contribution is -0.117. The molecule has 15 heavy (non-hydrogen) atoms. The maximum atomic E-state index is 11.5. The van der Waals surface area contributed by atoms with Gasteiger partial charge in [-0.05, 0) is 20.3 Å². The van der Waals surface area contributed by atoms with E-state index in [0.717, 1.165) is 19.1 Å². The lowest BCUT2D eigenvalue weighted by atomic mass is 10.2. The van der Waals surface area contributed by atoms with Crippen LogP contribution in [0.2, 0.25) is 0 Å². The molecular weight excluding hydrogens is 190 g/mol. The van der Waals surface area contributed by atoms with Gasteiger partial charge >= 0.3 is 0 Å². The van der Waals surface area contributed by atoms with Crippen LogP contribution in [-0.2, 0) is 4.79 Å². The minimum Gasteiger partial charge on any atom is -0.388 e. The van der Waals surface area contributed by atoms with Crippen LogP contribution in [0.3, 0.4) is 0 Å². The van der Waals surface area contributed by atoms with E-state index in [4.69, 9.17) is 5.41 Å². The van der Waals surface area contributed by atoms with Crippen molar-refractivity contribution in [1.82, 2.24) is 10.6 Å². The average Bonchev–Trinajstić information content (AvgIpc) is 2.18. The fraction of sp³-hybridized carbons (Fsp3) is 0.636. The smallest absolute Gasteiger partial charge is 0.254 e. The highest BCUT2D eigenvalue weighted by Gasteiger charge is 2.05. The van der Waals surface area contributed by atoms with Crippen LogP contribution in [0.15, 0.2) is 11.8 Å². The second-order valence-electron chi connectivity index (χ2n) is 3.67. The Morgan fingerprint density at radius 2 is 2.13 bits per heavy atom. The van der Waals surface area contributed by atoms with Crippen LogP contribution in [0.5, 0.6) is 0 Å². The topological polar surface area (TPSA) is 65.0 Å². The van der Waals surface area contributed by atoms with E-state index in [1.807, 2.05) is 13.8 Å². The zero-order chi connectivity index (χ0) is 11.7. The summed E-state index contributed by atoms with van der Waals surface area (Å²) in [6, 6.07) is 0.267. The van der Waals surface area contributed by atoms with Crippen molar-refractivity contribution in [3.63, 3.8) is 0 Å². The van der Waals surface area contributed by atoms with Crippen molar-refractivity contribution in [1.29, 1.82) is 5.41 Å². The molecule has 0 fully saturated rings. The van der Waals surface area contributed by atoms with Crippen molar-refractivity contribution in [2.24, 2.45) is 0 Å².